The van der Waals surface area contributed by atoms with Crippen molar-refractivity contribution in [2.24, 2.45) is 4.99 Å². The summed E-state index contributed by atoms with van der Waals surface area (Å²) in [5.41, 5.74) is 10.6. The Labute approximate surface area is 396 Å². The number of aliphatic imine (C=N–C) groups is 1. The molecule has 4 aliphatic rings. The number of hydrogen-bond donors (Lipinski definition) is 2. The van der Waals surface area contributed by atoms with E-state index in [1.54, 1.807) is 0 Å². The number of ether oxygens (including phenoxy) is 2. The lowest BCUT2D eigenvalue weighted by atomic mass is 9.74. The van der Waals surface area contributed by atoms with Crippen molar-refractivity contribution in [2.75, 3.05) is 33.9 Å². The number of isocyanates is 1. The molecule has 0 atom stereocenters. The number of hydrogen-bond acceptors (Lipinski definition) is 10. The Hall–Kier alpha value is -6.21. The van der Waals surface area contributed by atoms with Gasteiger partial charge in [-0.1, -0.05) is 56.7 Å². The summed E-state index contributed by atoms with van der Waals surface area (Å²) in [6, 6.07) is 19.1. The standard InChI is InChI=1S/C27H32F2N2O3.C19H28N2O2.C7H3F2NO/c1-2-31(22-7-4-3-5-8-22)25-12-10-20(27(34-18-32)13-6-14-27)16-24(25)30-26(33)15-19-9-11-21(28)17-23(19)29;1-2-21(16-7-4-3-5-8-16)18-10-9-15(13-17(18)20)19(23-14-22)11-6-12-19;8-5-1-2-7(10-4-11)6(9)3-5/h9-12,16-18,22H,2-8,13-15H2,1H3,(H,30,33);9-10,13-14,16H,2-8,11-12,20H2,1H3;1-3H. The number of halogens is 4. The molecule has 0 radical (unpaired) electrons. The van der Waals surface area contributed by atoms with E-state index in [2.05, 4.69) is 46.1 Å². The van der Waals surface area contributed by atoms with Crippen molar-refractivity contribution in [1.29, 1.82) is 0 Å². The van der Waals surface area contributed by atoms with Gasteiger partial charge < -0.3 is 30.3 Å². The van der Waals surface area contributed by atoms with Gasteiger partial charge in [-0.3, -0.25) is 14.4 Å². The van der Waals surface area contributed by atoms with Gasteiger partial charge in [0, 0.05) is 37.3 Å². The molecule has 4 aliphatic carbocycles. The zero-order valence-corrected chi connectivity index (χ0v) is 39.1. The summed E-state index contributed by atoms with van der Waals surface area (Å²) in [5, 5.41) is 2.97. The van der Waals surface area contributed by atoms with Crippen molar-refractivity contribution in [1.82, 2.24) is 0 Å². The third-order valence-corrected chi connectivity index (χ3v) is 14.0. The van der Waals surface area contributed by atoms with Crippen molar-refractivity contribution < 1.29 is 46.2 Å². The molecule has 3 N–H and O–H groups in total. The first kappa shape index (κ1) is 51.2. The van der Waals surface area contributed by atoms with Crippen LogP contribution in [0, 0.1) is 23.3 Å². The van der Waals surface area contributed by atoms with Crippen LogP contribution in [-0.4, -0.2) is 50.1 Å². The highest BCUT2D eigenvalue weighted by Gasteiger charge is 2.42. The van der Waals surface area contributed by atoms with Crippen LogP contribution >= 0.6 is 0 Å². The number of nitrogens with two attached hydrogens (primary N) is 1. The van der Waals surface area contributed by atoms with E-state index < -0.39 is 34.5 Å². The molecule has 4 aromatic carbocycles. The molecule has 11 nitrogen and oxygen atoms in total. The highest BCUT2D eigenvalue weighted by molar-refractivity contribution is 5.96. The van der Waals surface area contributed by atoms with Crippen LogP contribution in [0.2, 0.25) is 0 Å². The van der Waals surface area contributed by atoms with Crippen LogP contribution in [0.4, 0.5) is 46.0 Å². The minimum absolute atomic E-state index is 0.135. The molecule has 0 aliphatic heterocycles. The Morgan fingerprint density at radius 1 is 0.691 bits per heavy atom. The molecular weight excluding hydrogens is 879 g/mol. The van der Waals surface area contributed by atoms with Crippen molar-refractivity contribution >= 4 is 53.4 Å². The molecule has 0 spiro atoms. The molecular formula is C53H63F4N5O6. The predicted molar refractivity (Wildman–Crippen MR) is 255 cm³/mol. The molecule has 4 aromatic rings. The second-order valence-electron chi connectivity index (χ2n) is 18.0. The average molecular weight is 942 g/mol. The molecule has 0 bridgehead atoms. The van der Waals surface area contributed by atoms with Gasteiger partial charge in [0.2, 0.25) is 12.0 Å². The van der Waals surface area contributed by atoms with E-state index >= 15 is 0 Å². The molecule has 15 heteroatoms. The molecule has 1 amide bonds. The molecule has 8 rings (SSSR count). The summed E-state index contributed by atoms with van der Waals surface area (Å²) in [4.78, 5) is 52.4. The monoisotopic (exact) mass is 941 g/mol. The smallest absolute Gasteiger partial charge is 0.293 e. The van der Waals surface area contributed by atoms with Crippen LogP contribution in [0.3, 0.4) is 0 Å². The maximum Gasteiger partial charge on any atom is 0.293 e. The first-order valence-corrected chi connectivity index (χ1v) is 24.0. The first-order chi connectivity index (χ1) is 32.9. The molecule has 0 aromatic heterocycles. The summed E-state index contributed by atoms with van der Waals surface area (Å²) >= 11 is 0. The maximum absolute atomic E-state index is 14.1. The zero-order valence-electron chi connectivity index (χ0n) is 39.1. The fourth-order valence-corrected chi connectivity index (χ4v) is 10.1. The van der Waals surface area contributed by atoms with Crippen LogP contribution in [0.1, 0.15) is 133 Å². The van der Waals surface area contributed by atoms with Crippen LogP contribution in [0.5, 0.6) is 0 Å². The van der Waals surface area contributed by atoms with Gasteiger partial charge in [0.15, 0.2) is 5.82 Å². The van der Waals surface area contributed by atoms with E-state index in [0.717, 1.165) is 123 Å². The van der Waals surface area contributed by atoms with Crippen LogP contribution in [0.15, 0.2) is 77.8 Å². The van der Waals surface area contributed by atoms with Crippen LogP contribution < -0.4 is 20.9 Å². The highest BCUT2D eigenvalue weighted by atomic mass is 19.1. The Morgan fingerprint density at radius 2 is 1.19 bits per heavy atom. The summed E-state index contributed by atoms with van der Waals surface area (Å²) in [7, 11) is 0. The largest absolute Gasteiger partial charge is 0.456 e. The normalized spacial score (nSPS) is 17.1. The Balaban J connectivity index is 0.000000192. The lowest BCUT2D eigenvalue weighted by Crippen LogP contribution is -2.39. The van der Waals surface area contributed by atoms with Gasteiger partial charge in [-0.05, 0) is 137 Å². The fourth-order valence-electron chi connectivity index (χ4n) is 10.1. The number of carbonyl (C=O) groups is 3. The summed E-state index contributed by atoms with van der Waals surface area (Å²) in [6.07, 6.45) is 18.6. The van der Waals surface area contributed by atoms with Gasteiger partial charge in [-0.15, -0.1) is 0 Å². The minimum atomic E-state index is -0.867. The fraction of sp³-hybridized carbons (Fsp3) is 0.472. The van der Waals surface area contributed by atoms with Gasteiger partial charge in [0.05, 0.1) is 29.2 Å². The van der Waals surface area contributed by atoms with E-state index in [-0.39, 0.29) is 23.6 Å². The van der Waals surface area contributed by atoms with Gasteiger partial charge in [-0.25, -0.2) is 22.4 Å². The van der Waals surface area contributed by atoms with Crippen LogP contribution in [0.25, 0.3) is 0 Å². The number of anilines is 4. The number of amides is 1. The lowest BCUT2D eigenvalue weighted by molar-refractivity contribution is -0.156. The van der Waals surface area contributed by atoms with Crippen LogP contribution in [-0.2, 0) is 46.3 Å². The Morgan fingerprint density at radius 3 is 1.65 bits per heavy atom. The lowest BCUT2D eigenvalue weighted by Gasteiger charge is -2.41. The van der Waals surface area contributed by atoms with Gasteiger partial charge in [0.25, 0.3) is 12.9 Å². The quantitative estimate of drug-likeness (QED) is 0.0369. The number of nitrogens with zero attached hydrogens (tertiary/aromatic N) is 3. The molecule has 0 saturated heterocycles. The molecule has 4 saturated carbocycles. The summed E-state index contributed by atoms with van der Waals surface area (Å²) < 4.78 is 63.0. The van der Waals surface area contributed by atoms with E-state index in [1.807, 2.05) is 24.3 Å². The third-order valence-electron chi connectivity index (χ3n) is 14.0. The zero-order chi connectivity index (χ0) is 48.7. The Bertz CT molecular complexity index is 2390. The molecule has 68 heavy (non-hydrogen) atoms. The van der Waals surface area contributed by atoms with Crippen molar-refractivity contribution in [3.05, 3.63) is 113 Å². The minimum Gasteiger partial charge on any atom is -0.456 e. The maximum atomic E-state index is 14.1. The Kier molecular flexibility index (Phi) is 18.2. The molecule has 4 fully saturated rings. The van der Waals surface area contributed by atoms with Gasteiger partial charge >= 0.3 is 0 Å². The average Bonchev–Trinajstić information content (AvgIpc) is 3.31. The third kappa shape index (κ3) is 12.5. The van der Waals surface area contributed by atoms with Crippen molar-refractivity contribution in [2.45, 2.75) is 146 Å². The number of benzene rings is 4. The topological polar surface area (TPSA) is 144 Å². The SMILES string of the molecule is CCN(c1ccc(C2(OC=O)CCC2)cc1N)C1CCCCC1.CCN(c1ccc(C2(OC=O)CCC2)cc1NC(=O)Cc1ccc(F)cc1F)C1CCCCC1.O=C=Nc1ccc(F)cc1F. The van der Waals surface area contributed by atoms with Gasteiger partial charge in [0.1, 0.15) is 34.3 Å². The van der Waals surface area contributed by atoms with Crippen molar-refractivity contribution in [3.8, 4) is 0 Å². The summed E-state index contributed by atoms with van der Waals surface area (Å²) in [6.45, 7) is 7.13. The van der Waals surface area contributed by atoms with E-state index in [0.29, 0.717) is 36.8 Å². The van der Waals surface area contributed by atoms with E-state index in [4.69, 9.17) is 15.2 Å². The highest BCUT2D eigenvalue weighted by Crippen LogP contribution is 2.48. The number of rotatable bonds is 16. The first-order valence-electron chi connectivity index (χ1n) is 24.0. The number of nitrogens with one attached hydrogen (secondary N) is 1. The predicted octanol–water partition coefficient (Wildman–Crippen LogP) is 11.8. The number of nitrogen functional groups attached to an aromatic ring is 1. The van der Waals surface area contributed by atoms with Crippen molar-refractivity contribution in [3.63, 3.8) is 0 Å². The molecule has 0 heterocycles. The summed E-state index contributed by atoms with van der Waals surface area (Å²) in [5.74, 6) is -3.37. The van der Waals surface area contributed by atoms with Gasteiger partial charge in [-0.2, -0.15) is 4.99 Å². The van der Waals surface area contributed by atoms with E-state index in [1.165, 1.54) is 57.4 Å². The second kappa shape index (κ2) is 24.2. The molecule has 364 valence electrons. The van der Waals surface area contributed by atoms with E-state index in [9.17, 15) is 36.7 Å². The second-order valence-corrected chi connectivity index (χ2v) is 18.0. The number of carbonyl (C=O) groups excluding carboxylic acids is 4. The molecule has 0 unspecified atom stereocenters.